The van der Waals surface area contributed by atoms with Gasteiger partial charge in [0.15, 0.2) is 5.79 Å². The molecule has 14 unspecified atom stereocenters. The monoisotopic (exact) mass is 608 g/mol. The minimum atomic E-state index is -0.650. The number of carbonyl (C=O) groups excluding carboxylic acids is 3. The number of esters is 2. The van der Waals surface area contributed by atoms with Crippen molar-refractivity contribution in [2.75, 3.05) is 6.61 Å². The number of Topliss-reactive ketones (excluding diaryl/α,β-unsaturated/α-hetero) is 1. The van der Waals surface area contributed by atoms with Crippen LogP contribution in [0.5, 0.6) is 0 Å². The fourth-order valence-electron chi connectivity index (χ4n) is 10.7. The molecule has 6 rings (SSSR count). The third-order valence-electron chi connectivity index (χ3n) is 12.4. The predicted octanol–water partition coefficient (Wildman–Crippen LogP) is 5.46. The van der Waals surface area contributed by atoms with Crippen molar-refractivity contribution in [2.24, 2.45) is 52.3 Å². The number of carbonyl (C=O) groups is 3. The van der Waals surface area contributed by atoms with Gasteiger partial charge in [-0.1, -0.05) is 43.6 Å². The molecule has 6 aliphatic rings. The summed E-state index contributed by atoms with van der Waals surface area (Å²) < 4.78 is 24.8. The number of ether oxygens (including phenoxy) is 4. The lowest BCUT2D eigenvalue weighted by Gasteiger charge is -2.61. The van der Waals surface area contributed by atoms with E-state index in [0.29, 0.717) is 49.4 Å². The van der Waals surface area contributed by atoms with E-state index in [1.807, 2.05) is 0 Å². The van der Waals surface area contributed by atoms with Gasteiger partial charge in [-0.3, -0.25) is 14.4 Å². The molecular weight excluding hydrogens is 564 g/mol. The molecule has 7 nitrogen and oxygen atoms in total. The number of ketones is 1. The van der Waals surface area contributed by atoms with E-state index in [-0.39, 0.29) is 52.0 Å². The number of hydrogen-bond acceptors (Lipinski definition) is 7. The van der Waals surface area contributed by atoms with Gasteiger partial charge in [-0.05, 0) is 73.5 Å². The second-order valence-corrected chi connectivity index (χ2v) is 15.5. The first-order valence-electron chi connectivity index (χ1n) is 15.1. The molecule has 8 heteroatoms. The third kappa shape index (κ3) is 4.04. The first-order valence-corrected chi connectivity index (χ1v) is 16.1. The average molecular weight is 610 g/mol. The van der Waals surface area contributed by atoms with Gasteiger partial charge in [0, 0.05) is 37.5 Å². The van der Waals surface area contributed by atoms with Gasteiger partial charge in [-0.15, -0.1) is 0 Å². The second kappa shape index (κ2) is 9.52. The Kier molecular flexibility index (Phi) is 6.87. The number of hydrogen-bond donors (Lipinski definition) is 0. The van der Waals surface area contributed by atoms with Crippen LogP contribution >= 0.6 is 15.9 Å². The van der Waals surface area contributed by atoms with Crippen LogP contribution in [-0.4, -0.2) is 53.3 Å². The number of halogens is 1. The van der Waals surface area contributed by atoms with Crippen molar-refractivity contribution in [1.82, 2.24) is 0 Å². The summed E-state index contributed by atoms with van der Waals surface area (Å²) in [6.07, 6.45) is 5.07. The van der Waals surface area contributed by atoms with Gasteiger partial charge in [-0.2, -0.15) is 0 Å². The summed E-state index contributed by atoms with van der Waals surface area (Å²) in [7, 11) is 0. The molecular formula is C31H45BrO7. The van der Waals surface area contributed by atoms with Gasteiger partial charge in [0.1, 0.15) is 18.0 Å². The van der Waals surface area contributed by atoms with E-state index in [2.05, 4.69) is 43.6 Å². The molecule has 1 spiro atoms. The maximum absolute atomic E-state index is 14.4. The van der Waals surface area contributed by atoms with E-state index < -0.39 is 23.4 Å². The molecule has 14 atom stereocenters. The van der Waals surface area contributed by atoms with Crippen molar-refractivity contribution >= 4 is 33.7 Å². The maximum atomic E-state index is 14.4. The Morgan fingerprint density at radius 2 is 1.67 bits per heavy atom. The molecule has 0 aromatic heterocycles. The summed E-state index contributed by atoms with van der Waals surface area (Å²) >= 11 is 3.92. The first kappa shape index (κ1) is 28.1. The molecule has 6 fully saturated rings. The van der Waals surface area contributed by atoms with E-state index in [0.717, 1.165) is 25.7 Å². The highest BCUT2D eigenvalue weighted by atomic mass is 79.9. The van der Waals surface area contributed by atoms with Crippen LogP contribution in [0.4, 0.5) is 0 Å². The van der Waals surface area contributed by atoms with Crippen LogP contribution in [0, 0.1) is 52.3 Å². The molecule has 39 heavy (non-hydrogen) atoms. The van der Waals surface area contributed by atoms with E-state index in [4.69, 9.17) is 18.9 Å². The lowest BCUT2D eigenvalue weighted by molar-refractivity contribution is -0.267. The molecule has 218 valence electrons. The van der Waals surface area contributed by atoms with Crippen molar-refractivity contribution in [3.05, 3.63) is 0 Å². The third-order valence-corrected chi connectivity index (χ3v) is 13.4. The average Bonchev–Trinajstić information content (AvgIpc) is 3.29. The van der Waals surface area contributed by atoms with Crippen molar-refractivity contribution in [2.45, 2.75) is 115 Å². The zero-order valence-electron chi connectivity index (χ0n) is 24.2. The summed E-state index contributed by atoms with van der Waals surface area (Å²) in [5, 5.41) is 0. The van der Waals surface area contributed by atoms with Gasteiger partial charge >= 0.3 is 11.9 Å². The molecule has 0 aromatic rings. The highest BCUT2D eigenvalue weighted by Gasteiger charge is 2.73. The number of rotatable bonds is 2. The topological polar surface area (TPSA) is 88.1 Å². The van der Waals surface area contributed by atoms with Crippen LogP contribution in [-0.2, 0) is 33.3 Å². The predicted molar refractivity (Wildman–Crippen MR) is 147 cm³/mol. The normalized spacial score (nSPS) is 54.3. The summed E-state index contributed by atoms with van der Waals surface area (Å²) in [6, 6.07) is 0. The molecule has 2 heterocycles. The van der Waals surface area contributed by atoms with Crippen molar-refractivity contribution in [3.63, 3.8) is 0 Å². The molecule has 0 aromatic carbocycles. The SMILES string of the molecule is CC(=O)OC1CC2CCC3C(CC(=O)C4(C)C3CC3OC5(OCC(C)CC5Br)C(C)C34)C2(C)CC1OC(C)=O. The maximum Gasteiger partial charge on any atom is 0.303 e. The first-order chi connectivity index (χ1) is 18.3. The Labute approximate surface area is 240 Å². The van der Waals surface area contributed by atoms with E-state index in [9.17, 15) is 14.4 Å². The lowest BCUT2D eigenvalue weighted by Crippen LogP contribution is -2.61. The molecule has 0 bridgehead atoms. The van der Waals surface area contributed by atoms with Gasteiger partial charge < -0.3 is 18.9 Å². The Morgan fingerprint density at radius 3 is 2.33 bits per heavy atom. The van der Waals surface area contributed by atoms with Crippen molar-refractivity contribution in [3.8, 4) is 0 Å². The minimum absolute atomic E-state index is 0.0326. The molecule has 0 radical (unpaired) electrons. The second-order valence-electron chi connectivity index (χ2n) is 14.3. The van der Waals surface area contributed by atoms with Gasteiger partial charge in [0.05, 0.1) is 17.5 Å². The highest BCUT2D eigenvalue weighted by molar-refractivity contribution is 9.09. The van der Waals surface area contributed by atoms with Gasteiger partial charge in [0.25, 0.3) is 0 Å². The molecule has 4 saturated carbocycles. The van der Waals surface area contributed by atoms with E-state index in [1.165, 1.54) is 13.8 Å². The number of alkyl halides is 1. The van der Waals surface area contributed by atoms with Crippen LogP contribution in [0.25, 0.3) is 0 Å². The van der Waals surface area contributed by atoms with Crippen molar-refractivity contribution < 1.29 is 33.3 Å². The highest BCUT2D eigenvalue weighted by Crippen LogP contribution is 2.70. The summed E-state index contributed by atoms with van der Waals surface area (Å²) in [5.41, 5.74) is -0.563. The van der Waals surface area contributed by atoms with Crippen LogP contribution in [0.2, 0.25) is 0 Å². The van der Waals surface area contributed by atoms with E-state index in [1.54, 1.807) is 0 Å². The van der Waals surface area contributed by atoms with Crippen LogP contribution in [0.15, 0.2) is 0 Å². The van der Waals surface area contributed by atoms with Gasteiger partial charge in [-0.25, -0.2) is 0 Å². The van der Waals surface area contributed by atoms with Crippen molar-refractivity contribution in [1.29, 1.82) is 0 Å². The van der Waals surface area contributed by atoms with Crippen LogP contribution in [0.1, 0.15) is 86.5 Å². The Bertz CT molecular complexity index is 1050. The fourth-order valence-corrected chi connectivity index (χ4v) is 12.0. The summed E-state index contributed by atoms with van der Waals surface area (Å²) in [6.45, 7) is 12.5. The standard InChI is InChI=1S/C31H45BrO7/c1-15-9-26(32)31(36-14-15)16(2)28-24(39-31)11-22-20-8-7-19-10-23(37-17(3)33)25(38-18(4)34)13-29(19,5)21(20)12-27(35)30(22,28)6/h15-16,19-26,28H,7-14H2,1-6H3. The Hall–Kier alpha value is -0.990. The number of fused-ring (bicyclic) bond motifs is 7. The quantitative estimate of drug-likeness (QED) is 0.304. The van der Waals surface area contributed by atoms with Crippen LogP contribution < -0.4 is 0 Å². The molecule has 2 aliphatic heterocycles. The molecule has 4 aliphatic carbocycles. The molecule has 0 amide bonds. The van der Waals surface area contributed by atoms with Gasteiger partial charge in [0.2, 0.25) is 0 Å². The fraction of sp³-hybridized carbons (Fsp3) is 0.903. The molecule has 2 saturated heterocycles. The zero-order valence-corrected chi connectivity index (χ0v) is 25.8. The zero-order chi connectivity index (χ0) is 28.1. The lowest BCUT2D eigenvalue weighted by atomic mass is 9.43. The minimum Gasteiger partial charge on any atom is -0.459 e. The summed E-state index contributed by atoms with van der Waals surface area (Å²) in [4.78, 5) is 38.4. The van der Waals surface area contributed by atoms with E-state index >= 15 is 0 Å². The summed E-state index contributed by atoms with van der Waals surface area (Å²) in [5.74, 6) is 1.08. The Balaban J connectivity index is 1.28. The molecule has 0 N–H and O–H groups in total. The largest absolute Gasteiger partial charge is 0.459 e. The smallest absolute Gasteiger partial charge is 0.303 e. The Morgan fingerprint density at radius 1 is 0.974 bits per heavy atom. The van der Waals surface area contributed by atoms with Crippen LogP contribution in [0.3, 0.4) is 0 Å².